The molecule has 0 N–H and O–H groups in total. The van der Waals surface area contributed by atoms with Crippen molar-refractivity contribution < 1.29 is 19.1 Å². The van der Waals surface area contributed by atoms with Crippen molar-refractivity contribution in [2.45, 2.75) is 26.9 Å². The Morgan fingerprint density at radius 1 is 1.08 bits per heavy atom. The fraction of sp³-hybridized carbons (Fsp3) is 0.200. The average Bonchev–Trinajstić information content (AvgIpc) is 2.57. The standard InChI is InChI=1S/C20H20O4/c1-5-16-9-11-17(12-10-16)24-20(22)23-15(4)19(21)18-8-6-7-13(2)14(18)3/h5-12,15H,1H2,2-4H3. The highest BCUT2D eigenvalue weighted by Gasteiger charge is 2.22. The Bertz CT molecular complexity index is 760. The highest BCUT2D eigenvalue weighted by atomic mass is 16.7. The first kappa shape index (κ1) is 17.5. The molecule has 0 aliphatic rings. The molecule has 1 atom stereocenters. The Hall–Kier alpha value is -2.88. The molecule has 1 unspecified atom stereocenters. The van der Waals surface area contributed by atoms with E-state index in [1.54, 1.807) is 36.4 Å². The molecular formula is C20H20O4. The highest BCUT2D eigenvalue weighted by Crippen LogP contribution is 2.17. The minimum Gasteiger partial charge on any atom is -0.423 e. The molecule has 0 saturated carbocycles. The van der Waals surface area contributed by atoms with Crippen molar-refractivity contribution in [2.24, 2.45) is 0 Å². The average molecular weight is 324 g/mol. The summed E-state index contributed by atoms with van der Waals surface area (Å²) < 4.78 is 10.2. The lowest BCUT2D eigenvalue weighted by Gasteiger charge is -2.14. The van der Waals surface area contributed by atoms with Gasteiger partial charge >= 0.3 is 6.16 Å². The van der Waals surface area contributed by atoms with Crippen LogP contribution in [0, 0.1) is 13.8 Å². The second kappa shape index (κ2) is 7.59. The van der Waals surface area contributed by atoms with E-state index in [1.807, 2.05) is 26.0 Å². The number of aryl methyl sites for hydroxylation is 1. The summed E-state index contributed by atoms with van der Waals surface area (Å²) >= 11 is 0. The van der Waals surface area contributed by atoms with Crippen molar-refractivity contribution in [2.75, 3.05) is 0 Å². The van der Waals surface area contributed by atoms with Gasteiger partial charge < -0.3 is 9.47 Å². The minimum atomic E-state index is -0.926. The molecule has 0 aliphatic carbocycles. The van der Waals surface area contributed by atoms with Crippen LogP contribution >= 0.6 is 0 Å². The van der Waals surface area contributed by atoms with Crippen molar-refractivity contribution in [3.05, 3.63) is 71.3 Å². The van der Waals surface area contributed by atoms with Crippen LogP contribution in [0.25, 0.3) is 6.08 Å². The summed E-state index contributed by atoms with van der Waals surface area (Å²) in [5.41, 5.74) is 3.35. The highest BCUT2D eigenvalue weighted by molar-refractivity contribution is 6.01. The van der Waals surface area contributed by atoms with Gasteiger partial charge in [-0.05, 0) is 49.6 Å². The Kier molecular flexibility index (Phi) is 5.53. The maximum atomic E-state index is 12.4. The van der Waals surface area contributed by atoms with Gasteiger partial charge in [-0.3, -0.25) is 4.79 Å². The summed E-state index contributed by atoms with van der Waals surface area (Å²) in [6.07, 6.45) is -0.148. The van der Waals surface area contributed by atoms with Crippen molar-refractivity contribution in [1.29, 1.82) is 0 Å². The summed E-state index contributed by atoms with van der Waals surface area (Å²) in [5.74, 6) is 0.0899. The Morgan fingerprint density at radius 3 is 2.38 bits per heavy atom. The van der Waals surface area contributed by atoms with E-state index in [0.717, 1.165) is 16.7 Å². The molecule has 0 bridgehead atoms. The summed E-state index contributed by atoms with van der Waals surface area (Å²) in [5, 5.41) is 0. The lowest BCUT2D eigenvalue weighted by Crippen LogP contribution is -2.26. The molecule has 4 heteroatoms. The number of carbonyl (C=O) groups excluding carboxylic acids is 2. The maximum absolute atomic E-state index is 12.4. The van der Waals surface area contributed by atoms with E-state index < -0.39 is 12.3 Å². The van der Waals surface area contributed by atoms with Crippen LogP contribution in [0.1, 0.15) is 34.0 Å². The topological polar surface area (TPSA) is 52.6 Å². The summed E-state index contributed by atoms with van der Waals surface area (Å²) in [6.45, 7) is 8.99. The van der Waals surface area contributed by atoms with Crippen molar-refractivity contribution in [3.63, 3.8) is 0 Å². The van der Waals surface area contributed by atoms with Gasteiger partial charge in [-0.15, -0.1) is 0 Å². The van der Waals surface area contributed by atoms with Gasteiger partial charge in [0.05, 0.1) is 0 Å². The van der Waals surface area contributed by atoms with Crippen LogP contribution in [-0.4, -0.2) is 18.0 Å². The van der Waals surface area contributed by atoms with Gasteiger partial charge in [0, 0.05) is 5.56 Å². The zero-order valence-electron chi connectivity index (χ0n) is 14.0. The number of rotatable bonds is 5. The molecule has 0 aromatic heterocycles. The third-order valence-electron chi connectivity index (χ3n) is 3.83. The van der Waals surface area contributed by atoms with Crippen LogP contribution in [-0.2, 0) is 4.74 Å². The van der Waals surface area contributed by atoms with E-state index in [4.69, 9.17) is 9.47 Å². The summed E-state index contributed by atoms with van der Waals surface area (Å²) in [6, 6.07) is 12.3. The van der Waals surface area contributed by atoms with Gasteiger partial charge in [-0.25, -0.2) is 4.79 Å². The van der Waals surface area contributed by atoms with E-state index in [2.05, 4.69) is 6.58 Å². The Morgan fingerprint density at radius 2 is 1.75 bits per heavy atom. The quantitative estimate of drug-likeness (QED) is 0.453. The SMILES string of the molecule is C=Cc1ccc(OC(=O)OC(C)C(=O)c2cccc(C)c2C)cc1. The molecule has 0 aliphatic heterocycles. The van der Waals surface area contributed by atoms with Gasteiger partial charge in [0.2, 0.25) is 5.78 Å². The monoisotopic (exact) mass is 324 g/mol. The predicted molar refractivity (Wildman–Crippen MR) is 93.4 cm³/mol. The van der Waals surface area contributed by atoms with Gasteiger partial charge in [0.25, 0.3) is 0 Å². The molecule has 0 fully saturated rings. The first-order valence-electron chi connectivity index (χ1n) is 7.63. The normalized spacial score (nSPS) is 11.5. The molecule has 0 spiro atoms. The number of ketones is 1. The number of Topliss-reactive ketones (excluding diaryl/α,β-unsaturated/α-hetero) is 1. The maximum Gasteiger partial charge on any atom is 0.514 e. The second-order valence-corrected chi connectivity index (χ2v) is 5.50. The predicted octanol–water partition coefficient (Wildman–Crippen LogP) is 4.73. The van der Waals surface area contributed by atoms with Crippen molar-refractivity contribution in [1.82, 2.24) is 0 Å². The molecule has 4 nitrogen and oxygen atoms in total. The lowest BCUT2D eigenvalue weighted by molar-refractivity contribution is 0.0511. The summed E-state index contributed by atoms with van der Waals surface area (Å²) in [7, 11) is 0. The molecule has 0 amide bonds. The molecule has 0 radical (unpaired) electrons. The van der Waals surface area contributed by atoms with E-state index in [9.17, 15) is 9.59 Å². The summed E-state index contributed by atoms with van der Waals surface area (Å²) in [4.78, 5) is 24.3. The molecule has 24 heavy (non-hydrogen) atoms. The molecule has 0 heterocycles. The third-order valence-corrected chi connectivity index (χ3v) is 3.83. The van der Waals surface area contributed by atoms with Crippen LogP contribution in [0.4, 0.5) is 4.79 Å². The first-order valence-corrected chi connectivity index (χ1v) is 7.63. The minimum absolute atomic E-state index is 0.254. The number of ether oxygens (including phenoxy) is 2. The third kappa shape index (κ3) is 4.10. The first-order chi connectivity index (χ1) is 11.4. The number of carbonyl (C=O) groups is 2. The van der Waals surface area contributed by atoms with Gasteiger partial charge in [0.1, 0.15) is 5.75 Å². The van der Waals surface area contributed by atoms with E-state index >= 15 is 0 Å². The fourth-order valence-corrected chi connectivity index (χ4v) is 2.23. The number of hydrogen-bond acceptors (Lipinski definition) is 4. The molecule has 0 saturated heterocycles. The molecule has 2 aromatic carbocycles. The van der Waals surface area contributed by atoms with Crippen LogP contribution in [0.5, 0.6) is 5.75 Å². The Labute approximate surface area is 141 Å². The molecule has 2 rings (SSSR count). The van der Waals surface area contributed by atoms with Crippen LogP contribution in [0.3, 0.4) is 0 Å². The van der Waals surface area contributed by atoms with E-state index in [0.29, 0.717) is 11.3 Å². The smallest absolute Gasteiger partial charge is 0.423 e. The van der Waals surface area contributed by atoms with Gasteiger partial charge in [-0.2, -0.15) is 0 Å². The van der Waals surface area contributed by atoms with Crippen molar-refractivity contribution >= 4 is 18.0 Å². The van der Waals surface area contributed by atoms with E-state index in [1.165, 1.54) is 6.92 Å². The number of benzene rings is 2. The largest absolute Gasteiger partial charge is 0.514 e. The molecular weight excluding hydrogens is 304 g/mol. The van der Waals surface area contributed by atoms with Crippen LogP contribution < -0.4 is 4.74 Å². The van der Waals surface area contributed by atoms with Gasteiger partial charge in [-0.1, -0.05) is 43.0 Å². The fourth-order valence-electron chi connectivity index (χ4n) is 2.23. The van der Waals surface area contributed by atoms with Crippen LogP contribution in [0.2, 0.25) is 0 Å². The van der Waals surface area contributed by atoms with Crippen LogP contribution in [0.15, 0.2) is 49.0 Å². The molecule has 124 valence electrons. The van der Waals surface area contributed by atoms with Gasteiger partial charge in [0.15, 0.2) is 6.10 Å². The van der Waals surface area contributed by atoms with E-state index in [-0.39, 0.29) is 5.78 Å². The van der Waals surface area contributed by atoms with Crippen molar-refractivity contribution in [3.8, 4) is 5.75 Å². The lowest BCUT2D eigenvalue weighted by atomic mass is 9.98. The zero-order valence-corrected chi connectivity index (χ0v) is 14.0. The number of hydrogen-bond donors (Lipinski definition) is 0. The second-order valence-electron chi connectivity index (χ2n) is 5.50. The Balaban J connectivity index is 2.01. The molecule has 2 aromatic rings. The zero-order chi connectivity index (χ0) is 17.7.